The molecule has 0 aromatic rings. The Morgan fingerprint density at radius 3 is 2.16 bits per heavy atom. The normalized spacial score (nSPS) is 31.7. The maximum Gasteiger partial charge on any atom is 0.303 e. The van der Waals surface area contributed by atoms with Gasteiger partial charge in [-0.25, -0.2) is 0 Å². The van der Waals surface area contributed by atoms with Crippen LogP contribution in [0.1, 0.15) is 34.6 Å². The summed E-state index contributed by atoms with van der Waals surface area (Å²) in [7, 11) is 0. The third kappa shape index (κ3) is 5.89. The molecule has 2 unspecified atom stereocenters. The highest BCUT2D eigenvalue weighted by atomic mass is 32.2. The molecule has 10 heteroatoms. The lowest BCUT2D eigenvalue weighted by molar-refractivity contribution is -0.250. The van der Waals surface area contributed by atoms with Gasteiger partial charge in [0.25, 0.3) is 0 Å². The Balaban J connectivity index is 3.24. The minimum Gasteiger partial charge on any atom is -0.463 e. The number of nitrogens with two attached hydrogens (primary N) is 1. The molecule has 1 aliphatic rings. The molecular formula is C15H24N2O7S. The fourth-order valence-electron chi connectivity index (χ4n) is 2.57. The van der Waals surface area contributed by atoms with Gasteiger partial charge in [-0.1, -0.05) is 18.7 Å². The fraction of sp³-hybridized carbons (Fsp3) is 0.733. The van der Waals surface area contributed by atoms with Crippen molar-refractivity contribution in [1.29, 1.82) is 5.41 Å². The molecule has 0 radical (unpaired) electrons. The summed E-state index contributed by atoms with van der Waals surface area (Å²) in [4.78, 5) is 34.3. The molecule has 25 heavy (non-hydrogen) atoms. The van der Waals surface area contributed by atoms with Crippen LogP contribution in [0.25, 0.3) is 0 Å². The topological polar surface area (TPSA) is 138 Å². The van der Waals surface area contributed by atoms with Crippen LogP contribution in [0.2, 0.25) is 0 Å². The first kappa shape index (κ1) is 21.2. The molecule has 1 saturated heterocycles. The summed E-state index contributed by atoms with van der Waals surface area (Å²) in [6, 6.07) is 0. The molecule has 0 amide bonds. The van der Waals surface area contributed by atoms with Crippen LogP contribution in [0.5, 0.6) is 0 Å². The Kier molecular flexibility index (Phi) is 7.24. The van der Waals surface area contributed by atoms with Gasteiger partial charge in [0.05, 0.1) is 0 Å². The van der Waals surface area contributed by atoms with Gasteiger partial charge in [-0.3, -0.25) is 19.8 Å². The summed E-state index contributed by atoms with van der Waals surface area (Å²) in [5.41, 5.74) is 3.51. The van der Waals surface area contributed by atoms with E-state index in [-0.39, 0.29) is 11.8 Å². The van der Waals surface area contributed by atoms with Gasteiger partial charge in [0.15, 0.2) is 11.3 Å². The van der Waals surface area contributed by atoms with Gasteiger partial charge in [-0.2, -0.15) is 0 Å². The molecule has 1 rings (SSSR count). The van der Waals surface area contributed by atoms with Gasteiger partial charge < -0.3 is 24.7 Å². The summed E-state index contributed by atoms with van der Waals surface area (Å²) in [6.07, 6.45) is -1.85. The standard InChI is InChI=1S/C15H24N2O7S/c1-7-11(22-9(3)19)12(23-10(4)20)15(5,6-21-8(2)18)24-13(7)25-14(16)17/h7,11-13H,6H2,1-5H3,(H3,16,17)/t7?,11-,12-,13-,15?/m0/s1. The molecule has 0 aromatic heterocycles. The summed E-state index contributed by atoms with van der Waals surface area (Å²) in [5.74, 6) is -2.13. The van der Waals surface area contributed by atoms with Crippen molar-refractivity contribution in [2.24, 2.45) is 11.7 Å². The Hall–Kier alpha value is -1.81. The zero-order valence-electron chi connectivity index (χ0n) is 14.9. The van der Waals surface area contributed by atoms with E-state index in [1.54, 1.807) is 13.8 Å². The van der Waals surface area contributed by atoms with E-state index in [1.165, 1.54) is 20.8 Å². The Bertz CT molecular complexity index is 556. The highest BCUT2D eigenvalue weighted by molar-refractivity contribution is 8.14. The molecule has 142 valence electrons. The lowest BCUT2D eigenvalue weighted by atomic mass is 9.85. The molecule has 0 saturated carbocycles. The first-order valence-electron chi connectivity index (χ1n) is 7.62. The summed E-state index contributed by atoms with van der Waals surface area (Å²) in [5, 5.41) is 7.29. The van der Waals surface area contributed by atoms with E-state index in [9.17, 15) is 14.4 Å². The summed E-state index contributed by atoms with van der Waals surface area (Å²) >= 11 is 0.938. The van der Waals surface area contributed by atoms with E-state index in [4.69, 9.17) is 30.1 Å². The van der Waals surface area contributed by atoms with Gasteiger partial charge >= 0.3 is 17.9 Å². The van der Waals surface area contributed by atoms with Crippen molar-refractivity contribution in [2.45, 2.75) is 57.9 Å². The molecule has 1 heterocycles. The van der Waals surface area contributed by atoms with Crippen LogP contribution in [0.3, 0.4) is 0 Å². The van der Waals surface area contributed by atoms with Crippen LogP contribution in [0.15, 0.2) is 0 Å². The maximum absolute atomic E-state index is 11.5. The third-order valence-corrected chi connectivity index (χ3v) is 4.65. The molecule has 9 nitrogen and oxygen atoms in total. The molecule has 1 fully saturated rings. The minimum atomic E-state index is -1.28. The predicted molar refractivity (Wildman–Crippen MR) is 89.7 cm³/mol. The van der Waals surface area contributed by atoms with E-state index in [1.807, 2.05) is 0 Å². The van der Waals surface area contributed by atoms with Gasteiger partial charge in [0, 0.05) is 26.7 Å². The van der Waals surface area contributed by atoms with E-state index < -0.39 is 47.1 Å². The van der Waals surface area contributed by atoms with Gasteiger partial charge in [0.1, 0.15) is 23.7 Å². The molecule has 3 N–H and O–H groups in total. The molecule has 0 spiro atoms. The zero-order valence-corrected chi connectivity index (χ0v) is 15.7. The highest BCUT2D eigenvalue weighted by Gasteiger charge is 2.55. The minimum absolute atomic E-state index is 0.181. The first-order valence-corrected chi connectivity index (χ1v) is 8.50. The first-order chi connectivity index (χ1) is 11.5. The molecule has 0 aliphatic carbocycles. The second-order valence-corrected chi connectivity index (χ2v) is 7.16. The molecule has 0 aromatic carbocycles. The fourth-order valence-corrected chi connectivity index (χ4v) is 3.45. The number of rotatable bonds is 5. The van der Waals surface area contributed by atoms with Gasteiger partial charge in [-0.15, -0.1) is 0 Å². The second-order valence-electron chi connectivity index (χ2n) is 6.02. The van der Waals surface area contributed by atoms with Gasteiger partial charge in [0.2, 0.25) is 0 Å². The third-order valence-electron chi connectivity index (χ3n) is 3.63. The van der Waals surface area contributed by atoms with Crippen LogP contribution in [-0.2, 0) is 33.3 Å². The second kappa shape index (κ2) is 8.52. The number of hydrogen-bond donors (Lipinski definition) is 2. The van der Waals surface area contributed by atoms with Crippen molar-refractivity contribution in [2.75, 3.05) is 6.61 Å². The van der Waals surface area contributed by atoms with Crippen molar-refractivity contribution in [3.8, 4) is 0 Å². The quantitative estimate of drug-likeness (QED) is 0.308. The monoisotopic (exact) mass is 376 g/mol. The van der Waals surface area contributed by atoms with E-state index in [0.29, 0.717) is 0 Å². The SMILES string of the molecule is CC(=O)OCC1(C)O[C@@H](SC(=N)N)C(C)[C@H](OC(C)=O)[C@@H]1OC(C)=O. The number of ether oxygens (including phenoxy) is 4. The Morgan fingerprint density at radius 1 is 1.16 bits per heavy atom. The highest BCUT2D eigenvalue weighted by Crippen LogP contribution is 2.41. The van der Waals surface area contributed by atoms with E-state index >= 15 is 0 Å². The van der Waals surface area contributed by atoms with Crippen molar-refractivity contribution in [3.63, 3.8) is 0 Å². The van der Waals surface area contributed by atoms with E-state index in [0.717, 1.165) is 11.8 Å². The number of nitrogens with one attached hydrogen (secondary N) is 1. The smallest absolute Gasteiger partial charge is 0.303 e. The van der Waals surface area contributed by atoms with Crippen molar-refractivity contribution in [3.05, 3.63) is 0 Å². The Labute approximate surface area is 150 Å². The summed E-state index contributed by atoms with van der Waals surface area (Å²) in [6.45, 7) is 6.79. The van der Waals surface area contributed by atoms with Crippen molar-refractivity contribution in [1.82, 2.24) is 0 Å². The molecule has 5 atom stereocenters. The van der Waals surface area contributed by atoms with Crippen LogP contribution in [0, 0.1) is 11.3 Å². The zero-order chi connectivity index (χ0) is 19.4. The number of carbonyl (C=O) groups excluding carboxylic acids is 3. The number of hydrogen-bond acceptors (Lipinski definition) is 9. The van der Waals surface area contributed by atoms with Crippen molar-refractivity contribution >= 4 is 34.8 Å². The van der Waals surface area contributed by atoms with E-state index in [2.05, 4.69) is 0 Å². The number of amidine groups is 1. The summed E-state index contributed by atoms with van der Waals surface area (Å²) < 4.78 is 21.7. The number of carbonyl (C=O) groups is 3. The van der Waals surface area contributed by atoms with Crippen molar-refractivity contribution < 1.29 is 33.3 Å². The average molecular weight is 376 g/mol. The van der Waals surface area contributed by atoms with Crippen LogP contribution in [-0.4, -0.2) is 52.9 Å². The molecular weight excluding hydrogens is 352 g/mol. The van der Waals surface area contributed by atoms with Crippen LogP contribution in [0.4, 0.5) is 0 Å². The van der Waals surface area contributed by atoms with Crippen LogP contribution >= 0.6 is 11.8 Å². The van der Waals surface area contributed by atoms with Crippen LogP contribution < -0.4 is 5.73 Å². The maximum atomic E-state index is 11.5. The Morgan fingerprint density at radius 2 is 1.72 bits per heavy atom. The average Bonchev–Trinajstić information content (AvgIpc) is 2.45. The largest absolute Gasteiger partial charge is 0.463 e. The number of thioether (sulfide) groups is 1. The number of esters is 3. The van der Waals surface area contributed by atoms with Gasteiger partial charge in [-0.05, 0) is 6.92 Å². The lowest BCUT2D eigenvalue weighted by Gasteiger charge is -2.49. The molecule has 0 bridgehead atoms. The lowest BCUT2D eigenvalue weighted by Crippen LogP contribution is -2.64. The molecule has 1 aliphatic heterocycles. The predicted octanol–water partition coefficient (Wildman–Crippen LogP) is 0.791.